The highest BCUT2D eigenvalue weighted by molar-refractivity contribution is 5.39. The second kappa shape index (κ2) is 4.84. The number of aromatic nitrogens is 2. The Labute approximate surface area is 109 Å². The third kappa shape index (κ3) is 2.34. The second-order valence-corrected chi connectivity index (χ2v) is 5.82. The molecule has 0 aliphatic carbocycles. The molecule has 1 unspecified atom stereocenters. The number of rotatable bonds is 1. The second-order valence-electron chi connectivity index (χ2n) is 5.82. The number of nitrogens with zero attached hydrogens (tertiary/aromatic N) is 3. The number of aryl methyl sites for hydroxylation is 1. The number of anilines is 1. The Morgan fingerprint density at radius 1 is 1.28 bits per heavy atom. The molecule has 1 N–H and O–H groups in total. The monoisotopic (exact) mass is 246 g/mol. The molecule has 3 rings (SSSR count). The molecule has 4 heteroatoms. The molecular weight excluding hydrogens is 224 g/mol. The normalized spacial score (nSPS) is 28.6. The third-order valence-electron chi connectivity index (χ3n) is 4.34. The minimum absolute atomic E-state index is 0.482. The smallest absolute Gasteiger partial charge is 0.132 e. The lowest BCUT2D eigenvalue weighted by Gasteiger charge is -2.45. The first-order valence-corrected chi connectivity index (χ1v) is 7.02. The number of piperidine rings is 2. The fourth-order valence-corrected chi connectivity index (χ4v) is 3.40. The first-order chi connectivity index (χ1) is 8.77. The van der Waals surface area contributed by atoms with Crippen LogP contribution < -0.4 is 10.2 Å². The van der Waals surface area contributed by atoms with Crippen molar-refractivity contribution in [1.82, 2.24) is 15.3 Å². The van der Waals surface area contributed by atoms with Crippen molar-refractivity contribution in [3.05, 3.63) is 18.1 Å². The van der Waals surface area contributed by atoms with Gasteiger partial charge < -0.3 is 10.2 Å². The maximum atomic E-state index is 4.44. The SMILES string of the molecule is Cc1cc(N2CCCC3(CCCNC3)C2)ncn1. The van der Waals surface area contributed by atoms with Crippen LogP contribution in [0.25, 0.3) is 0 Å². The van der Waals surface area contributed by atoms with E-state index in [1.54, 1.807) is 6.33 Å². The van der Waals surface area contributed by atoms with Crippen molar-refractivity contribution < 1.29 is 0 Å². The van der Waals surface area contributed by atoms with E-state index in [4.69, 9.17) is 0 Å². The maximum Gasteiger partial charge on any atom is 0.132 e. The minimum atomic E-state index is 0.482. The van der Waals surface area contributed by atoms with Gasteiger partial charge in [-0.3, -0.25) is 0 Å². The van der Waals surface area contributed by atoms with E-state index in [1.165, 1.54) is 38.8 Å². The van der Waals surface area contributed by atoms with Gasteiger partial charge in [0.2, 0.25) is 0 Å². The molecule has 1 atom stereocenters. The van der Waals surface area contributed by atoms with Crippen LogP contribution in [-0.2, 0) is 0 Å². The molecule has 3 heterocycles. The van der Waals surface area contributed by atoms with Crippen molar-refractivity contribution in [3.8, 4) is 0 Å². The molecule has 1 aromatic rings. The summed E-state index contributed by atoms with van der Waals surface area (Å²) in [6, 6.07) is 2.11. The summed E-state index contributed by atoms with van der Waals surface area (Å²) in [4.78, 5) is 11.1. The zero-order valence-electron chi connectivity index (χ0n) is 11.2. The molecule has 0 amide bonds. The van der Waals surface area contributed by atoms with Crippen LogP contribution in [0.2, 0.25) is 0 Å². The van der Waals surface area contributed by atoms with Crippen LogP contribution in [-0.4, -0.2) is 36.1 Å². The maximum absolute atomic E-state index is 4.44. The van der Waals surface area contributed by atoms with Gasteiger partial charge in [0, 0.05) is 36.8 Å². The Bertz CT molecular complexity index is 407. The highest BCUT2D eigenvalue weighted by Crippen LogP contribution is 2.37. The van der Waals surface area contributed by atoms with Gasteiger partial charge in [-0.25, -0.2) is 9.97 Å². The van der Waals surface area contributed by atoms with Gasteiger partial charge >= 0.3 is 0 Å². The zero-order valence-corrected chi connectivity index (χ0v) is 11.2. The van der Waals surface area contributed by atoms with E-state index in [2.05, 4.69) is 26.3 Å². The summed E-state index contributed by atoms with van der Waals surface area (Å²) in [5.41, 5.74) is 1.54. The number of hydrogen-bond donors (Lipinski definition) is 1. The molecule has 1 aromatic heterocycles. The van der Waals surface area contributed by atoms with E-state index in [0.29, 0.717) is 5.41 Å². The number of nitrogens with one attached hydrogen (secondary N) is 1. The first-order valence-electron chi connectivity index (χ1n) is 7.02. The molecule has 2 fully saturated rings. The predicted octanol–water partition coefficient (Wildman–Crippen LogP) is 1.76. The van der Waals surface area contributed by atoms with Gasteiger partial charge in [-0.2, -0.15) is 0 Å². The minimum Gasteiger partial charge on any atom is -0.356 e. The standard InChI is InChI=1S/C14H22N4/c1-12-8-13(17-11-16-12)18-7-3-5-14(10-18)4-2-6-15-9-14/h8,11,15H,2-7,9-10H2,1H3. The van der Waals surface area contributed by atoms with E-state index in [0.717, 1.165) is 24.6 Å². The van der Waals surface area contributed by atoms with Crippen LogP contribution in [0.1, 0.15) is 31.4 Å². The van der Waals surface area contributed by atoms with E-state index in [-0.39, 0.29) is 0 Å². The lowest BCUT2D eigenvalue weighted by Crippen LogP contribution is -2.51. The lowest BCUT2D eigenvalue weighted by molar-refractivity contribution is 0.173. The Balaban J connectivity index is 1.77. The summed E-state index contributed by atoms with van der Waals surface area (Å²) in [7, 11) is 0. The van der Waals surface area contributed by atoms with Crippen LogP contribution in [0.15, 0.2) is 12.4 Å². The van der Waals surface area contributed by atoms with Crippen LogP contribution >= 0.6 is 0 Å². The summed E-state index contributed by atoms with van der Waals surface area (Å²) in [6.07, 6.45) is 7.01. The number of hydrogen-bond acceptors (Lipinski definition) is 4. The van der Waals surface area contributed by atoms with Crippen molar-refractivity contribution in [2.24, 2.45) is 5.41 Å². The van der Waals surface area contributed by atoms with Gasteiger partial charge in [0.05, 0.1) is 0 Å². The highest BCUT2D eigenvalue weighted by Gasteiger charge is 2.36. The van der Waals surface area contributed by atoms with Crippen LogP contribution in [0, 0.1) is 12.3 Å². The molecule has 98 valence electrons. The Kier molecular flexibility index (Phi) is 3.20. The average molecular weight is 246 g/mol. The highest BCUT2D eigenvalue weighted by atomic mass is 15.2. The van der Waals surface area contributed by atoms with Crippen molar-refractivity contribution >= 4 is 5.82 Å². The zero-order chi connectivity index (χ0) is 12.4. The first kappa shape index (κ1) is 11.9. The molecule has 2 saturated heterocycles. The van der Waals surface area contributed by atoms with Crippen molar-refractivity contribution in [2.75, 3.05) is 31.1 Å². The molecule has 2 aliphatic rings. The van der Waals surface area contributed by atoms with E-state index >= 15 is 0 Å². The van der Waals surface area contributed by atoms with Gasteiger partial charge in [0.15, 0.2) is 0 Å². The van der Waals surface area contributed by atoms with Gasteiger partial charge in [-0.1, -0.05) is 0 Å². The molecule has 2 aliphatic heterocycles. The van der Waals surface area contributed by atoms with Gasteiger partial charge in [0.25, 0.3) is 0 Å². The largest absolute Gasteiger partial charge is 0.356 e. The van der Waals surface area contributed by atoms with E-state index < -0.39 is 0 Å². The summed E-state index contributed by atoms with van der Waals surface area (Å²) >= 11 is 0. The van der Waals surface area contributed by atoms with Crippen molar-refractivity contribution in [2.45, 2.75) is 32.6 Å². The molecular formula is C14H22N4. The molecule has 0 bridgehead atoms. The Hall–Kier alpha value is -1.16. The molecule has 18 heavy (non-hydrogen) atoms. The van der Waals surface area contributed by atoms with Gasteiger partial charge in [0.1, 0.15) is 12.1 Å². The molecule has 4 nitrogen and oxygen atoms in total. The Morgan fingerprint density at radius 3 is 2.94 bits per heavy atom. The summed E-state index contributed by atoms with van der Waals surface area (Å²) < 4.78 is 0. The van der Waals surface area contributed by atoms with E-state index in [1.807, 2.05) is 6.92 Å². The average Bonchev–Trinajstić information content (AvgIpc) is 2.40. The quantitative estimate of drug-likeness (QED) is 0.819. The predicted molar refractivity (Wildman–Crippen MR) is 72.8 cm³/mol. The van der Waals surface area contributed by atoms with Crippen LogP contribution in [0.3, 0.4) is 0 Å². The van der Waals surface area contributed by atoms with Crippen molar-refractivity contribution in [3.63, 3.8) is 0 Å². The molecule has 0 saturated carbocycles. The summed E-state index contributed by atoms with van der Waals surface area (Å²) in [5.74, 6) is 1.10. The summed E-state index contributed by atoms with van der Waals surface area (Å²) in [5, 5.41) is 3.57. The molecule has 0 aromatic carbocycles. The topological polar surface area (TPSA) is 41.0 Å². The van der Waals surface area contributed by atoms with Gasteiger partial charge in [-0.05, 0) is 39.2 Å². The lowest BCUT2D eigenvalue weighted by atomic mass is 9.74. The van der Waals surface area contributed by atoms with Crippen LogP contribution in [0.4, 0.5) is 5.82 Å². The van der Waals surface area contributed by atoms with Crippen molar-refractivity contribution in [1.29, 1.82) is 0 Å². The fourth-order valence-electron chi connectivity index (χ4n) is 3.40. The molecule has 1 spiro atoms. The third-order valence-corrected chi connectivity index (χ3v) is 4.34. The van der Waals surface area contributed by atoms with E-state index in [9.17, 15) is 0 Å². The molecule has 0 radical (unpaired) electrons. The fraction of sp³-hybridized carbons (Fsp3) is 0.714. The Morgan fingerprint density at radius 2 is 2.17 bits per heavy atom. The van der Waals surface area contributed by atoms with Crippen LogP contribution in [0.5, 0.6) is 0 Å². The van der Waals surface area contributed by atoms with Gasteiger partial charge in [-0.15, -0.1) is 0 Å². The summed E-state index contributed by atoms with van der Waals surface area (Å²) in [6.45, 7) is 6.68.